The van der Waals surface area contributed by atoms with Gasteiger partial charge in [-0.05, 0) is 23.8 Å². The number of methoxy groups -OCH3 is 1. The average molecular weight is 309 g/mol. The van der Waals surface area contributed by atoms with Gasteiger partial charge in [0.2, 0.25) is 0 Å². The van der Waals surface area contributed by atoms with Gasteiger partial charge in [0.15, 0.2) is 0 Å². The summed E-state index contributed by atoms with van der Waals surface area (Å²) in [4.78, 5) is 27.2. The number of aromatic nitrogens is 1. The molecule has 0 fully saturated rings. The Hall–Kier alpha value is -3.08. The smallest absolute Gasteiger partial charge is 0.380 e. The Kier molecular flexibility index (Phi) is 4.10. The molecule has 0 spiro atoms. The molecule has 0 aliphatic rings. The third kappa shape index (κ3) is 3.08. The number of rotatable bonds is 5. The van der Waals surface area contributed by atoms with Crippen LogP contribution in [-0.4, -0.2) is 23.8 Å². The first-order valence-electron chi connectivity index (χ1n) is 7.09. The molecule has 0 saturated carbocycles. The third-order valence-electron chi connectivity index (χ3n) is 3.52. The van der Waals surface area contributed by atoms with Gasteiger partial charge in [-0.1, -0.05) is 30.3 Å². The van der Waals surface area contributed by atoms with Crippen molar-refractivity contribution in [3.05, 3.63) is 65.9 Å². The fourth-order valence-corrected chi connectivity index (χ4v) is 2.35. The number of ether oxygens (including phenoxy) is 2. The van der Waals surface area contributed by atoms with Crippen molar-refractivity contribution in [1.29, 1.82) is 0 Å². The summed E-state index contributed by atoms with van der Waals surface area (Å²) >= 11 is 0. The van der Waals surface area contributed by atoms with E-state index in [0.29, 0.717) is 16.7 Å². The molecular weight excluding hydrogens is 294 g/mol. The molecule has 0 aliphatic heterocycles. The predicted octanol–water partition coefficient (Wildman–Crippen LogP) is 3.10. The molecule has 0 amide bonds. The molecule has 116 valence electrons. The lowest BCUT2D eigenvalue weighted by atomic mass is 10.1. The lowest BCUT2D eigenvalue weighted by Gasteiger charge is -2.05. The van der Waals surface area contributed by atoms with E-state index in [1.807, 2.05) is 18.2 Å². The minimum absolute atomic E-state index is 0.0180. The molecule has 1 N–H and O–H groups in total. The number of carbonyl (C=O) groups is 2. The van der Waals surface area contributed by atoms with Gasteiger partial charge in [-0.2, -0.15) is 0 Å². The van der Waals surface area contributed by atoms with E-state index in [0.717, 1.165) is 11.1 Å². The van der Waals surface area contributed by atoms with Crippen molar-refractivity contribution in [1.82, 2.24) is 4.98 Å². The first-order valence-corrected chi connectivity index (χ1v) is 7.09. The Morgan fingerprint density at radius 1 is 1.09 bits per heavy atom. The number of hydrogen-bond acceptors (Lipinski definition) is 4. The summed E-state index contributed by atoms with van der Waals surface area (Å²) in [5.74, 6) is -0.871. The summed E-state index contributed by atoms with van der Waals surface area (Å²) in [6.07, 6.45) is 1.53. The number of carbonyl (C=O) groups excluding carboxylic acids is 2. The maximum atomic E-state index is 12.2. The van der Waals surface area contributed by atoms with Crippen molar-refractivity contribution in [2.45, 2.75) is 6.61 Å². The highest BCUT2D eigenvalue weighted by Gasteiger charge is 2.21. The van der Waals surface area contributed by atoms with E-state index in [-0.39, 0.29) is 6.61 Å². The number of para-hydroxylation sites is 1. The Labute approximate surface area is 132 Å². The maximum Gasteiger partial charge on any atom is 0.380 e. The molecule has 0 aliphatic carbocycles. The minimum Gasteiger partial charge on any atom is -0.497 e. The Morgan fingerprint density at radius 3 is 2.74 bits per heavy atom. The van der Waals surface area contributed by atoms with Crippen molar-refractivity contribution < 1.29 is 19.1 Å². The van der Waals surface area contributed by atoms with Crippen LogP contribution in [0.15, 0.2) is 54.7 Å². The van der Waals surface area contributed by atoms with Gasteiger partial charge in [-0.15, -0.1) is 0 Å². The van der Waals surface area contributed by atoms with E-state index in [2.05, 4.69) is 4.98 Å². The zero-order valence-electron chi connectivity index (χ0n) is 12.5. The van der Waals surface area contributed by atoms with Crippen LogP contribution in [0.2, 0.25) is 0 Å². The van der Waals surface area contributed by atoms with Gasteiger partial charge >= 0.3 is 5.97 Å². The SMILES string of the molecule is COc1cccc(COC(=O)C(=O)c2c[nH]c3ccccc23)c1. The highest BCUT2D eigenvalue weighted by molar-refractivity contribution is 6.42. The van der Waals surface area contributed by atoms with Crippen LogP contribution in [0.1, 0.15) is 15.9 Å². The monoisotopic (exact) mass is 309 g/mol. The summed E-state index contributed by atoms with van der Waals surface area (Å²) in [5, 5.41) is 0.704. The molecule has 0 bridgehead atoms. The van der Waals surface area contributed by atoms with Crippen molar-refractivity contribution in [3.63, 3.8) is 0 Å². The van der Waals surface area contributed by atoms with Crippen LogP contribution in [-0.2, 0) is 16.1 Å². The molecule has 3 rings (SSSR count). The first kappa shape index (κ1) is 14.8. The van der Waals surface area contributed by atoms with Crippen LogP contribution in [0.3, 0.4) is 0 Å². The van der Waals surface area contributed by atoms with Crippen molar-refractivity contribution in [2.24, 2.45) is 0 Å². The summed E-state index contributed by atoms with van der Waals surface area (Å²) in [6.45, 7) is 0.0180. The molecule has 23 heavy (non-hydrogen) atoms. The second-order valence-corrected chi connectivity index (χ2v) is 5.00. The fourth-order valence-electron chi connectivity index (χ4n) is 2.35. The lowest BCUT2D eigenvalue weighted by molar-refractivity contribution is -0.139. The number of Topliss-reactive ketones (excluding diaryl/α,β-unsaturated/α-hetero) is 1. The van der Waals surface area contributed by atoms with E-state index in [1.165, 1.54) is 6.20 Å². The van der Waals surface area contributed by atoms with Gasteiger partial charge in [-0.25, -0.2) is 4.79 Å². The number of hydrogen-bond donors (Lipinski definition) is 1. The van der Waals surface area contributed by atoms with Crippen LogP contribution in [0.4, 0.5) is 0 Å². The number of fused-ring (bicyclic) bond motifs is 1. The van der Waals surface area contributed by atoms with Gasteiger partial charge < -0.3 is 14.5 Å². The van der Waals surface area contributed by atoms with Crippen LogP contribution in [0.5, 0.6) is 5.75 Å². The van der Waals surface area contributed by atoms with Gasteiger partial charge in [0.05, 0.1) is 12.7 Å². The molecule has 1 heterocycles. The summed E-state index contributed by atoms with van der Waals surface area (Å²) in [5.41, 5.74) is 1.87. The second-order valence-electron chi connectivity index (χ2n) is 5.00. The molecule has 3 aromatic rings. The highest BCUT2D eigenvalue weighted by atomic mass is 16.5. The van der Waals surface area contributed by atoms with E-state index in [1.54, 1.807) is 37.4 Å². The molecule has 2 aromatic carbocycles. The van der Waals surface area contributed by atoms with Crippen molar-refractivity contribution in [3.8, 4) is 5.75 Å². The summed E-state index contributed by atoms with van der Waals surface area (Å²) in [7, 11) is 1.56. The highest BCUT2D eigenvalue weighted by Crippen LogP contribution is 2.19. The van der Waals surface area contributed by atoms with Gasteiger partial charge in [0.1, 0.15) is 12.4 Å². The molecular formula is C18H15NO4. The molecule has 0 saturated heterocycles. The van der Waals surface area contributed by atoms with E-state index >= 15 is 0 Å². The zero-order valence-corrected chi connectivity index (χ0v) is 12.5. The molecule has 5 heteroatoms. The standard InChI is InChI=1S/C18H15NO4/c1-22-13-6-4-5-12(9-13)11-23-18(21)17(20)15-10-19-16-8-3-2-7-14(15)16/h2-10,19H,11H2,1H3. The quantitative estimate of drug-likeness (QED) is 0.447. The number of ketones is 1. The molecule has 0 radical (unpaired) electrons. The molecule has 0 unspecified atom stereocenters. The Balaban J connectivity index is 1.71. The lowest BCUT2D eigenvalue weighted by Crippen LogP contribution is -2.17. The van der Waals surface area contributed by atoms with Crippen LogP contribution in [0.25, 0.3) is 10.9 Å². The molecule has 1 aromatic heterocycles. The third-order valence-corrected chi connectivity index (χ3v) is 3.52. The van der Waals surface area contributed by atoms with Crippen molar-refractivity contribution in [2.75, 3.05) is 7.11 Å². The van der Waals surface area contributed by atoms with Crippen LogP contribution < -0.4 is 4.74 Å². The van der Waals surface area contributed by atoms with Gasteiger partial charge in [-0.3, -0.25) is 4.79 Å². The van der Waals surface area contributed by atoms with E-state index in [9.17, 15) is 9.59 Å². The van der Waals surface area contributed by atoms with Crippen LogP contribution >= 0.6 is 0 Å². The van der Waals surface area contributed by atoms with Gasteiger partial charge in [0.25, 0.3) is 5.78 Å². The number of benzene rings is 2. The van der Waals surface area contributed by atoms with Crippen LogP contribution in [0, 0.1) is 0 Å². The second kappa shape index (κ2) is 6.36. The molecule has 5 nitrogen and oxygen atoms in total. The maximum absolute atomic E-state index is 12.2. The summed E-state index contributed by atoms with van der Waals surface area (Å²) < 4.78 is 10.2. The summed E-state index contributed by atoms with van der Waals surface area (Å²) in [6, 6.07) is 14.4. The molecule has 0 atom stereocenters. The average Bonchev–Trinajstić information content (AvgIpc) is 3.03. The predicted molar refractivity (Wildman–Crippen MR) is 85.4 cm³/mol. The largest absolute Gasteiger partial charge is 0.497 e. The van der Waals surface area contributed by atoms with Gasteiger partial charge in [0, 0.05) is 17.1 Å². The van der Waals surface area contributed by atoms with E-state index in [4.69, 9.17) is 9.47 Å². The topological polar surface area (TPSA) is 68.4 Å². The number of H-pyrrole nitrogens is 1. The number of esters is 1. The number of nitrogens with one attached hydrogen (secondary N) is 1. The Morgan fingerprint density at radius 2 is 1.91 bits per heavy atom. The normalized spacial score (nSPS) is 10.5. The Bertz CT molecular complexity index is 866. The van der Waals surface area contributed by atoms with E-state index < -0.39 is 11.8 Å². The van der Waals surface area contributed by atoms with Crippen molar-refractivity contribution >= 4 is 22.7 Å². The number of aromatic amines is 1. The zero-order chi connectivity index (χ0) is 16.2. The fraction of sp³-hybridized carbons (Fsp3) is 0.111. The minimum atomic E-state index is -0.877. The first-order chi connectivity index (χ1) is 11.2.